The molecule has 1 aliphatic carbocycles. The van der Waals surface area contributed by atoms with E-state index in [4.69, 9.17) is 9.15 Å². The van der Waals surface area contributed by atoms with E-state index in [0.29, 0.717) is 22.9 Å². The first-order valence-corrected chi connectivity index (χ1v) is 11.8. The lowest BCUT2D eigenvalue weighted by Crippen LogP contribution is -2.49. The highest BCUT2D eigenvalue weighted by atomic mass is 16.5. The van der Waals surface area contributed by atoms with Gasteiger partial charge < -0.3 is 24.8 Å². The third kappa shape index (κ3) is 5.61. The Morgan fingerprint density at radius 3 is 2.50 bits per heavy atom. The molecular weight excluding hydrogens is 464 g/mol. The first-order chi connectivity index (χ1) is 17.1. The lowest BCUT2D eigenvalue weighted by molar-refractivity contribution is -0.145. The zero-order chi connectivity index (χ0) is 26.0. The maximum atomic E-state index is 12.7. The average molecular weight is 495 g/mol. The van der Waals surface area contributed by atoms with E-state index in [1.54, 1.807) is 24.3 Å². The van der Waals surface area contributed by atoms with Gasteiger partial charge in [0.05, 0.1) is 13.3 Å². The number of amides is 2. The molecule has 2 atom stereocenters. The zero-order valence-electron chi connectivity index (χ0n) is 20.9. The first-order valence-electron chi connectivity index (χ1n) is 11.8. The number of aromatic amines is 1. The molecule has 0 radical (unpaired) electrons. The SMILES string of the molecule is COC(=O)[C@@H](NC(=O)c1cnc(-c2cccc(-c3nnc(C(=O)N[C@@H](C)C4CC4)[nH]3)c2)o1)C(C)(C)C. The second kappa shape index (κ2) is 9.92. The lowest BCUT2D eigenvalue weighted by Gasteiger charge is -2.28. The zero-order valence-corrected chi connectivity index (χ0v) is 20.9. The minimum absolute atomic E-state index is 0.0445. The van der Waals surface area contributed by atoms with Crippen LogP contribution in [0.4, 0.5) is 0 Å². The summed E-state index contributed by atoms with van der Waals surface area (Å²) in [6, 6.07) is 6.34. The van der Waals surface area contributed by atoms with Crippen molar-refractivity contribution in [3.8, 4) is 22.8 Å². The van der Waals surface area contributed by atoms with Crippen LogP contribution in [0.25, 0.3) is 22.8 Å². The Morgan fingerprint density at radius 1 is 1.11 bits per heavy atom. The largest absolute Gasteiger partial charge is 0.467 e. The summed E-state index contributed by atoms with van der Waals surface area (Å²) in [5.74, 6) is -0.186. The lowest BCUT2D eigenvalue weighted by atomic mass is 9.86. The van der Waals surface area contributed by atoms with Crippen molar-refractivity contribution in [2.24, 2.45) is 11.3 Å². The summed E-state index contributed by atoms with van der Waals surface area (Å²) < 4.78 is 10.5. The number of ether oxygens (including phenoxy) is 1. The van der Waals surface area contributed by atoms with Crippen molar-refractivity contribution in [2.75, 3.05) is 7.11 Å². The van der Waals surface area contributed by atoms with E-state index in [0.717, 1.165) is 12.8 Å². The minimum atomic E-state index is -0.864. The van der Waals surface area contributed by atoms with Gasteiger partial charge in [-0.15, -0.1) is 10.2 Å². The van der Waals surface area contributed by atoms with Gasteiger partial charge >= 0.3 is 5.97 Å². The Bertz CT molecular complexity index is 1270. The van der Waals surface area contributed by atoms with Gasteiger partial charge in [0.25, 0.3) is 11.8 Å². The van der Waals surface area contributed by atoms with Crippen molar-refractivity contribution in [3.63, 3.8) is 0 Å². The molecule has 1 saturated carbocycles. The summed E-state index contributed by atoms with van der Waals surface area (Å²) in [7, 11) is 1.27. The molecule has 2 aromatic heterocycles. The van der Waals surface area contributed by atoms with Gasteiger partial charge in [-0.25, -0.2) is 9.78 Å². The molecule has 11 heteroatoms. The Labute approximate surface area is 208 Å². The van der Waals surface area contributed by atoms with Crippen LogP contribution in [0.2, 0.25) is 0 Å². The number of rotatable bonds is 8. The maximum absolute atomic E-state index is 12.7. The molecule has 0 spiro atoms. The normalized spacial score (nSPS) is 15.1. The molecule has 1 aromatic carbocycles. The number of nitrogens with one attached hydrogen (secondary N) is 3. The van der Waals surface area contributed by atoms with E-state index in [1.165, 1.54) is 13.3 Å². The van der Waals surface area contributed by atoms with Crippen LogP contribution in [0.5, 0.6) is 0 Å². The fraction of sp³-hybridized carbons (Fsp3) is 0.440. The predicted octanol–water partition coefficient (Wildman–Crippen LogP) is 2.97. The second-order valence-corrected chi connectivity index (χ2v) is 10.0. The van der Waals surface area contributed by atoms with Crippen molar-refractivity contribution in [1.29, 1.82) is 0 Å². The quantitative estimate of drug-likeness (QED) is 0.404. The number of carbonyl (C=O) groups excluding carboxylic acids is 3. The third-order valence-corrected chi connectivity index (χ3v) is 6.08. The molecule has 2 heterocycles. The van der Waals surface area contributed by atoms with E-state index in [2.05, 4.69) is 30.8 Å². The summed E-state index contributed by atoms with van der Waals surface area (Å²) in [5, 5.41) is 13.7. The Hall–Kier alpha value is -4.02. The van der Waals surface area contributed by atoms with Crippen LogP contribution in [0.1, 0.15) is 61.7 Å². The van der Waals surface area contributed by atoms with Crippen LogP contribution in [0, 0.1) is 11.3 Å². The third-order valence-electron chi connectivity index (χ3n) is 6.08. The van der Waals surface area contributed by atoms with Crippen molar-refractivity contribution >= 4 is 17.8 Å². The maximum Gasteiger partial charge on any atom is 0.328 e. The fourth-order valence-electron chi connectivity index (χ4n) is 3.74. The smallest absolute Gasteiger partial charge is 0.328 e. The number of carbonyl (C=O) groups is 3. The van der Waals surface area contributed by atoms with Crippen molar-refractivity contribution in [2.45, 2.75) is 52.6 Å². The molecule has 0 bridgehead atoms. The molecule has 2 amide bonds. The van der Waals surface area contributed by atoms with E-state index in [1.807, 2.05) is 27.7 Å². The highest BCUT2D eigenvalue weighted by Crippen LogP contribution is 2.32. The number of oxazole rings is 1. The minimum Gasteiger partial charge on any atom is -0.467 e. The summed E-state index contributed by atoms with van der Waals surface area (Å²) >= 11 is 0. The standard InChI is InChI=1S/C25H30N6O5/c1-13(14-9-10-14)27-22(33)20-29-19(30-31-20)15-7-6-8-16(11-15)23-26-12-17(36-23)21(32)28-18(24(34)35-5)25(2,3)4/h6-8,11-14,18H,9-10H2,1-5H3,(H,27,33)(H,28,32)(H,29,30,31)/t13-,18+/m0/s1. The molecule has 190 valence electrons. The number of hydrogen-bond acceptors (Lipinski definition) is 8. The van der Waals surface area contributed by atoms with Gasteiger partial charge in [0.1, 0.15) is 6.04 Å². The molecule has 0 saturated heterocycles. The summed E-state index contributed by atoms with van der Waals surface area (Å²) in [5.41, 5.74) is 0.691. The molecule has 1 aliphatic rings. The number of benzene rings is 1. The highest BCUT2D eigenvalue weighted by Gasteiger charge is 2.34. The van der Waals surface area contributed by atoms with E-state index in [9.17, 15) is 14.4 Å². The van der Waals surface area contributed by atoms with Crippen molar-refractivity contribution in [1.82, 2.24) is 30.8 Å². The molecule has 3 aromatic rings. The van der Waals surface area contributed by atoms with Gasteiger partial charge in [0, 0.05) is 17.2 Å². The molecule has 11 nitrogen and oxygen atoms in total. The number of nitrogens with zero attached hydrogens (tertiary/aromatic N) is 3. The van der Waals surface area contributed by atoms with Gasteiger partial charge in [-0.3, -0.25) is 9.59 Å². The van der Waals surface area contributed by atoms with Gasteiger partial charge in [-0.1, -0.05) is 32.9 Å². The molecule has 4 rings (SSSR count). The van der Waals surface area contributed by atoms with Crippen LogP contribution in [0.3, 0.4) is 0 Å². The molecule has 0 unspecified atom stereocenters. The topological polar surface area (TPSA) is 152 Å². The molecule has 3 N–H and O–H groups in total. The number of esters is 1. The summed E-state index contributed by atoms with van der Waals surface area (Å²) in [6.45, 7) is 7.44. The van der Waals surface area contributed by atoms with Crippen LogP contribution < -0.4 is 10.6 Å². The Morgan fingerprint density at radius 2 is 1.83 bits per heavy atom. The first kappa shape index (κ1) is 25.1. The van der Waals surface area contributed by atoms with Crippen molar-refractivity contribution < 1.29 is 23.5 Å². The van der Waals surface area contributed by atoms with E-state index >= 15 is 0 Å². The van der Waals surface area contributed by atoms with Crippen LogP contribution in [-0.2, 0) is 9.53 Å². The van der Waals surface area contributed by atoms with Gasteiger partial charge in [0.15, 0.2) is 5.82 Å². The Kier molecular flexibility index (Phi) is 6.91. The number of methoxy groups -OCH3 is 1. The second-order valence-electron chi connectivity index (χ2n) is 10.0. The van der Waals surface area contributed by atoms with Crippen LogP contribution >= 0.6 is 0 Å². The monoisotopic (exact) mass is 494 g/mol. The number of aromatic nitrogens is 4. The van der Waals surface area contributed by atoms with Gasteiger partial charge in [-0.2, -0.15) is 0 Å². The predicted molar refractivity (Wildman–Crippen MR) is 130 cm³/mol. The molecule has 1 fully saturated rings. The van der Waals surface area contributed by atoms with Crippen LogP contribution in [-0.4, -0.2) is 57.1 Å². The summed E-state index contributed by atoms with van der Waals surface area (Å²) in [4.78, 5) is 44.5. The van der Waals surface area contributed by atoms with Crippen molar-refractivity contribution in [3.05, 3.63) is 42.0 Å². The van der Waals surface area contributed by atoms with Gasteiger partial charge in [0.2, 0.25) is 17.5 Å². The summed E-state index contributed by atoms with van der Waals surface area (Å²) in [6.07, 6.45) is 3.55. The Balaban J connectivity index is 1.48. The van der Waals surface area contributed by atoms with Crippen LogP contribution in [0.15, 0.2) is 34.9 Å². The van der Waals surface area contributed by atoms with Gasteiger partial charge in [-0.05, 0) is 43.2 Å². The fourth-order valence-corrected chi connectivity index (χ4v) is 3.74. The number of H-pyrrole nitrogens is 1. The average Bonchev–Trinajstić information content (AvgIpc) is 3.37. The molecule has 0 aliphatic heterocycles. The molecular formula is C25H30N6O5. The molecule has 36 heavy (non-hydrogen) atoms. The van der Waals surface area contributed by atoms with E-state index < -0.39 is 23.3 Å². The van der Waals surface area contributed by atoms with E-state index in [-0.39, 0.29) is 29.4 Å². The highest BCUT2D eigenvalue weighted by molar-refractivity contribution is 5.95. The number of hydrogen-bond donors (Lipinski definition) is 3.